The Bertz CT molecular complexity index is 830. The fourth-order valence-electron chi connectivity index (χ4n) is 2.22. The van der Waals surface area contributed by atoms with E-state index in [1.807, 2.05) is 48.5 Å². The number of hydrogen-bond acceptors (Lipinski definition) is 4. The highest BCUT2D eigenvalue weighted by atomic mass is 127. The molecule has 1 heterocycles. The maximum absolute atomic E-state index is 12.7. The van der Waals surface area contributed by atoms with Crippen molar-refractivity contribution in [2.75, 3.05) is 0 Å². The van der Waals surface area contributed by atoms with E-state index in [0.29, 0.717) is 15.8 Å². The van der Waals surface area contributed by atoms with Crippen molar-refractivity contribution in [2.24, 2.45) is 0 Å². The molecule has 1 N–H and O–H groups in total. The Morgan fingerprint density at radius 1 is 1.17 bits per heavy atom. The van der Waals surface area contributed by atoms with Crippen LogP contribution in [0.2, 0.25) is 0 Å². The largest absolute Gasteiger partial charge is 0.506 e. The molecule has 2 aromatic carbocycles. The average Bonchev–Trinajstić information content (AvgIpc) is 2.81. The normalized spacial score (nSPS) is 16.2. The van der Waals surface area contributed by atoms with Gasteiger partial charge in [-0.25, -0.2) is 0 Å². The van der Waals surface area contributed by atoms with Crippen molar-refractivity contribution >= 4 is 85.5 Å². The fourth-order valence-corrected chi connectivity index (χ4v) is 5.29. The van der Waals surface area contributed by atoms with Crippen molar-refractivity contribution in [1.29, 1.82) is 0 Å². The molecular formula is C17H11I2NO2S2. The van der Waals surface area contributed by atoms with Crippen molar-refractivity contribution in [3.05, 3.63) is 65.6 Å². The molecule has 0 saturated carbocycles. The van der Waals surface area contributed by atoms with Crippen LogP contribution in [0.1, 0.15) is 11.1 Å². The molecule has 0 radical (unpaired) electrons. The monoisotopic (exact) mass is 579 g/mol. The number of benzene rings is 2. The Kier molecular flexibility index (Phi) is 5.83. The quantitative estimate of drug-likeness (QED) is 0.316. The number of halogens is 2. The fraction of sp³-hybridized carbons (Fsp3) is 0.0588. The number of aromatic hydroxyl groups is 1. The summed E-state index contributed by atoms with van der Waals surface area (Å²) in [6.07, 6.45) is 1.83. The van der Waals surface area contributed by atoms with Crippen LogP contribution in [0.4, 0.5) is 0 Å². The van der Waals surface area contributed by atoms with Crippen LogP contribution in [0.25, 0.3) is 6.08 Å². The van der Waals surface area contributed by atoms with Gasteiger partial charge < -0.3 is 5.11 Å². The maximum Gasteiger partial charge on any atom is 0.266 e. The molecule has 122 valence electrons. The van der Waals surface area contributed by atoms with Gasteiger partial charge in [0.25, 0.3) is 5.91 Å². The Hall–Kier alpha value is -0.650. The van der Waals surface area contributed by atoms with Crippen molar-refractivity contribution in [3.8, 4) is 5.75 Å². The minimum absolute atomic E-state index is 0.0769. The molecule has 3 rings (SSSR count). The zero-order chi connectivity index (χ0) is 17.3. The van der Waals surface area contributed by atoms with Crippen molar-refractivity contribution in [2.45, 2.75) is 6.54 Å². The molecule has 1 amide bonds. The summed E-state index contributed by atoms with van der Waals surface area (Å²) < 4.78 is 2.08. The lowest BCUT2D eigenvalue weighted by Crippen LogP contribution is -2.27. The van der Waals surface area contributed by atoms with Gasteiger partial charge in [0, 0.05) is 0 Å². The summed E-state index contributed by atoms with van der Waals surface area (Å²) in [5.41, 5.74) is 1.92. The number of phenolic OH excluding ortho intramolecular Hbond substituents is 1. The van der Waals surface area contributed by atoms with E-state index in [4.69, 9.17) is 12.2 Å². The highest BCUT2D eigenvalue weighted by Gasteiger charge is 2.32. The van der Waals surface area contributed by atoms with Gasteiger partial charge in [-0.3, -0.25) is 9.69 Å². The second kappa shape index (κ2) is 7.71. The number of rotatable bonds is 3. The molecule has 0 aliphatic carbocycles. The van der Waals surface area contributed by atoms with Crippen LogP contribution in [-0.2, 0) is 11.3 Å². The van der Waals surface area contributed by atoms with Gasteiger partial charge in [0.15, 0.2) is 0 Å². The molecule has 1 aliphatic heterocycles. The summed E-state index contributed by atoms with van der Waals surface area (Å²) in [5.74, 6) is 0.192. The predicted octanol–water partition coefficient (Wildman–Crippen LogP) is 5.00. The lowest BCUT2D eigenvalue weighted by molar-refractivity contribution is -0.122. The van der Waals surface area contributed by atoms with E-state index in [2.05, 4.69) is 45.2 Å². The molecule has 0 bridgehead atoms. The molecule has 0 unspecified atom stereocenters. The molecule has 7 heteroatoms. The van der Waals surface area contributed by atoms with Gasteiger partial charge in [-0.1, -0.05) is 54.3 Å². The van der Waals surface area contributed by atoms with Gasteiger partial charge >= 0.3 is 0 Å². The first-order valence-electron chi connectivity index (χ1n) is 6.93. The Morgan fingerprint density at radius 2 is 1.79 bits per heavy atom. The van der Waals surface area contributed by atoms with Gasteiger partial charge in [0.2, 0.25) is 0 Å². The van der Waals surface area contributed by atoms with Crippen molar-refractivity contribution < 1.29 is 9.90 Å². The van der Waals surface area contributed by atoms with Crippen LogP contribution in [-0.4, -0.2) is 20.2 Å². The first-order valence-corrected chi connectivity index (χ1v) is 10.3. The molecule has 1 fully saturated rings. The van der Waals surface area contributed by atoms with E-state index in [1.165, 1.54) is 11.8 Å². The van der Waals surface area contributed by atoms with E-state index in [-0.39, 0.29) is 11.7 Å². The third-order valence-corrected chi connectivity index (χ3v) is 6.42. The molecule has 1 aliphatic rings. The lowest BCUT2D eigenvalue weighted by Gasteiger charge is -2.14. The minimum Gasteiger partial charge on any atom is -0.506 e. The van der Waals surface area contributed by atoms with Gasteiger partial charge in [-0.2, -0.15) is 0 Å². The van der Waals surface area contributed by atoms with Crippen LogP contribution in [0.5, 0.6) is 5.75 Å². The lowest BCUT2D eigenvalue weighted by atomic mass is 10.2. The molecule has 3 nitrogen and oxygen atoms in total. The number of thiocarbonyl (C=S) groups is 1. The second-order valence-corrected chi connectivity index (χ2v) is 9.09. The van der Waals surface area contributed by atoms with Gasteiger partial charge in [0.05, 0.1) is 18.6 Å². The molecule has 0 spiro atoms. The number of phenols is 1. The zero-order valence-corrected chi connectivity index (χ0v) is 18.1. The van der Waals surface area contributed by atoms with Crippen LogP contribution >= 0.6 is 69.2 Å². The number of nitrogens with zero attached hydrogens (tertiary/aromatic N) is 1. The van der Waals surface area contributed by atoms with E-state index >= 15 is 0 Å². The van der Waals surface area contributed by atoms with E-state index in [0.717, 1.165) is 18.3 Å². The van der Waals surface area contributed by atoms with Gasteiger partial charge in [0.1, 0.15) is 10.1 Å². The summed E-state index contributed by atoms with van der Waals surface area (Å²) in [6.45, 7) is 0.480. The summed E-state index contributed by atoms with van der Waals surface area (Å²) >= 11 is 10.8. The summed E-state index contributed by atoms with van der Waals surface area (Å²) in [4.78, 5) is 14.9. The van der Waals surface area contributed by atoms with Crippen LogP contribution < -0.4 is 0 Å². The Labute approximate surface area is 176 Å². The summed E-state index contributed by atoms with van der Waals surface area (Å²) in [5, 5.41) is 9.85. The summed E-state index contributed by atoms with van der Waals surface area (Å²) in [7, 11) is 0. The highest BCUT2D eigenvalue weighted by molar-refractivity contribution is 14.1. The van der Waals surface area contributed by atoms with E-state index < -0.39 is 0 Å². The summed E-state index contributed by atoms with van der Waals surface area (Å²) in [6, 6.07) is 13.5. The van der Waals surface area contributed by atoms with Gasteiger partial charge in [-0.05, 0) is 74.5 Å². The topological polar surface area (TPSA) is 40.5 Å². The number of carbonyl (C=O) groups is 1. The minimum atomic E-state index is -0.0769. The molecule has 2 aromatic rings. The number of amides is 1. The van der Waals surface area contributed by atoms with E-state index in [9.17, 15) is 9.90 Å². The third kappa shape index (κ3) is 3.94. The number of carbonyl (C=O) groups excluding carboxylic acids is 1. The number of thioether (sulfide) groups is 1. The third-order valence-electron chi connectivity index (χ3n) is 3.39. The molecule has 0 aromatic heterocycles. The molecular weight excluding hydrogens is 568 g/mol. The molecule has 0 atom stereocenters. The van der Waals surface area contributed by atoms with E-state index in [1.54, 1.807) is 4.90 Å². The smallest absolute Gasteiger partial charge is 0.266 e. The van der Waals surface area contributed by atoms with Crippen molar-refractivity contribution in [1.82, 2.24) is 4.90 Å². The zero-order valence-electron chi connectivity index (χ0n) is 12.2. The predicted molar refractivity (Wildman–Crippen MR) is 119 cm³/mol. The maximum atomic E-state index is 12.7. The van der Waals surface area contributed by atoms with Crippen LogP contribution in [0, 0.1) is 7.14 Å². The van der Waals surface area contributed by atoms with Crippen molar-refractivity contribution in [3.63, 3.8) is 0 Å². The molecule has 24 heavy (non-hydrogen) atoms. The van der Waals surface area contributed by atoms with Crippen LogP contribution in [0.3, 0.4) is 0 Å². The second-order valence-electron chi connectivity index (χ2n) is 5.09. The highest BCUT2D eigenvalue weighted by Crippen LogP contribution is 2.35. The number of hydrogen-bond donors (Lipinski definition) is 1. The average molecular weight is 579 g/mol. The standard InChI is InChI=1S/C17H11I2NO2S2/c18-12-6-11(7-13(19)15(12)21)8-14-16(22)20(17(23)24-14)9-10-4-2-1-3-5-10/h1-8,21H,9H2/b14-8+. The SMILES string of the molecule is O=C1/C(=C\c2cc(I)c(O)c(I)c2)SC(=S)N1Cc1ccccc1. The Balaban J connectivity index is 1.86. The first-order chi connectivity index (χ1) is 11.5. The Morgan fingerprint density at radius 3 is 2.42 bits per heavy atom. The molecule has 1 saturated heterocycles. The van der Waals surface area contributed by atoms with Gasteiger partial charge in [-0.15, -0.1) is 0 Å². The first kappa shape index (κ1) is 18.2. The van der Waals surface area contributed by atoms with Crippen LogP contribution in [0.15, 0.2) is 47.4 Å².